The van der Waals surface area contributed by atoms with Crippen molar-refractivity contribution in [1.29, 1.82) is 0 Å². The fraction of sp³-hybridized carbons (Fsp3) is 0.143. The van der Waals surface area contributed by atoms with Crippen molar-refractivity contribution in [2.75, 3.05) is 5.32 Å². The molecular weight excluding hydrogens is 287 g/mol. The Morgan fingerprint density at radius 1 is 1.05 bits per heavy atom. The molecule has 0 fully saturated rings. The fourth-order valence-corrected chi connectivity index (χ4v) is 1.72. The van der Waals surface area contributed by atoms with Crippen molar-refractivity contribution >= 4 is 5.69 Å². The Labute approximate surface area is 118 Å². The summed E-state index contributed by atoms with van der Waals surface area (Å²) in [5, 5.41) is 21.5. The highest BCUT2D eigenvalue weighted by atomic mass is 19.4. The molecule has 0 aliphatic rings. The Morgan fingerprint density at radius 2 is 1.76 bits per heavy atom. The summed E-state index contributed by atoms with van der Waals surface area (Å²) >= 11 is 0. The molecule has 4 nitrogen and oxygen atoms in total. The van der Waals surface area contributed by atoms with E-state index in [0.29, 0.717) is 5.56 Å². The zero-order chi connectivity index (χ0) is 15.5. The highest BCUT2D eigenvalue weighted by molar-refractivity contribution is 5.57. The zero-order valence-corrected chi connectivity index (χ0v) is 10.7. The first-order chi connectivity index (χ1) is 9.85. The number of phenolic OH excluding ortho intramolecular Hbond substituents is 2. The molecule has 0 bridgehead atoms. The summed E-state index contributed by atoms with van der Waals surface area (Å²) in [4.78, 5) is 0. The molecule has 0 saturated heterocycles. The van der Waals surface area contributed by atoms with Crippen LogP contribution < -0.4 is 10.1 Å². The van der Waals surface area contributed by atoms with Crippen LogP contribution in [0.3, 0.4) is 0 Å². The summed E-state index contributed by atoms with van der Waals surface area (Å²) in [6.45, 7) is 0.0738. The van der Waals surface area contributed by atoms with Gasteiger partial charge in [-0.2, -0.15) is 0 Å². The smallest absolute Gasteiger partial charge is 0.508 e. The van der Waals surface area contributed by atoms with E-state index in [1.807, 2.05) is 0 Å². The number of aromatic hydroxyl groups is 2. The molecule has 0 heterocycles. The van der Waals surface area contributed by atoms with Crippen LogP contribution in [0.5, 0.6) is 17.2 Å². The van der Waals surface area contributed by atoms with E-state index in [1.54, 1.807) is 6.07 Å². The van der Waals surface area contributed by atoms with Crippen molar-refractivity contribution in [3.63, 3.8) is 0 Å². The summed E-state index contributed by atoms with van der Waals surface area (Å²) in [7, 11) is 0. The van der Waals surface area contributed by atoms with Crippen LogP contribution in [0, 0.1) is 0 Å². The topological polar surface area (TPSA) is 61.7 Å². The summed E-state index contributed by atoms with van der Waals surface area (Å²) < 4.78 is 40.7. The highest BCUT2D eigenvalue weighted by Gasteiger charge is 2.32. The van der Waals surface area contributed by atoms with Crippen LogP contribution in [0.2, 0.25) is 0 Å². The summed E-state index contributed by atoms with van der Waals surface area (Å²) in [6.07, 6.45) is -4.78. The normalized spacial score (nSPS) is 11.2. The molecule has 0 spiro atoms. The molecule has 7 heteroatoms. The maximum atomic E-state index is 12.3. The van der Waals surface area contributed by atoms with Crippen LogP contribution in [-0.4, -0.2) is 16.6 Å². The van der Waals surface area contributed by atoms with Gasteiger partial charge in [-0.1, -0.05) is 12.1 Å². The number of hydrogen-bond acceptors (Lipinski definition) is 4. The molecular formula is C14H12F3NO3. The molecule has 0 amide bonds. The van der Waals surface area contributed by atoms with Gasteiger partial charge in [0.05, 0.1) is 5.69 Å². The minimum atomic E-state index is -4.78. The Hall–Kier alpha value is -2.57. The number of benzene rings is 2. The average Bonchev–Trinajstić information content (AvgIpc) is 2.37. The van der Waals surface area contributed by atoms with Crippen LogP contribution in [0.15, 0.2) is 42.5 Å². The number of anilines is 1. The molecule has 0 radical (unpaired) electrons. The van der Waals surface area contributed by atoms with Crippen molar-refractivity contribution < 1.29 is 28.1 Å². The van der Waals surface area contributed by atoms with Crippen LogP contribution >= 0.6 is 0 Å². The molecule has 0 aliphatic carbocycles. The molecule has 0 unspecified atom stereocenters. The Bertz CT molecular complexity index is 629. The summed E-state index contributed by atoms with van der Waals surface area (Å²) in [6, 6.07) is 9.58. The third-order valence-corrected chi connectivity index (χ3v) is 2.65. The second kappa shape index (κ2) is 5.82. The number of hydrogen-bond donors (Lipinski definition) is 3. The lowest BCUT2D eigenvalue weighted by Gasteiger charge is -2.15. The number of alkyl halides is 3. The number of halogens is 3. The van der Waals surface area contributed by atoms with Gasteiger partial charge in [0, 0.05) is 18.2 Å². The Balaban J connectivity index is 2.13. The van der Waals surface area contributed by atoms with Crippen molar-refractivity contribution in [3.8, 4) is 17.2 Å². The van der Waals surface area contributed by atoms with Crippen LogP contribution in [0.4, 0.5) is 18.9 Å². The van der Waals surface area contributed by atoms with E-state index in [2.05, 4.69) is 10.1 Å². The molecule has 2 aromatic carbocycles. The standard InChI is InChI=1S/C14H12F3NO3/c15-14(16,17)21-13-4-2-1-3-11(13)18-8-9-5-6-10(19)7-12(9)20/h1-7,18-20H,8H2. The first-order valence-corrected chi connectivity index (χ1v) is 5.94. The first kappa shape index (κ1) is 14.8. The minimum Gasteiger partial charge on any atom is -0.508 e. The largest absolute Gasteiger partial charge is 0.573 e. The van der Waals surface area contributed by atoms with Gasteiger partial charge in [0.2, 0.25) is 0 Å². The molecule has 2 aromatic rings. The van der Waals surface area contributed by atoms with Crippen molar-refractivity contribution in [2.45, 2.75) is 12.9 Å². The maximum absolute atomic E-state index is 12.3. The van der Waals surface area contributed by atoms with Crippen LogP contribution in [0.1, 0.15) is 5.56 Å². The number of rotatable bonds is 4. The van der Waals surface area contributed by atoms with E-state index in [4.69, 9.17) is 5.11 Å². The van der Waals surface area contributed by atoms with Gasteiger partial charge in [0.1, 0.15) is 11.5 Å². The van der Waals surface area contributed by atoms with Gasteiger partial charge >= 0.3 is 6.36 Å². The quantitative estimate of drug-likeness (QED) is 0.807. The molecule has 0 aliphatic heterocycles. The number of para-hydroxylation sites is 2. The van der Waals surface area contributed by atoms with Crippen molar-refractivity contribution in [3.05, 3.63) is 48.0 Å². The highest BCUT2D eigenvalue weighted by Crippen LogP contribution is 2.31. The predicted molar refractivity (Wildman–Crippen MR) is 70.2 cm³/mol. The monoisotopic (exact) mass is 299 g/mol. The van der Waals surface area contributed by atoms with Crippen molar-refractivity contribution in [1.82, 2.24) is 0 Å². The first-order valence-electron chi connectivity index (χ1n) is 5.94. The van der Waals surface area contributed by atoms with E-state index in [9.17, 15) is 18.3 Å². The average molecular weight is 299 g/mol. The van der Waals surface area contributed by atoms with Gasteiger partial charge < -0.3 is 20.3 Å². The molecule has 0 atom stereocenters. The molecule has 21 heavy (non-hydrogen) atoms. The lowest BCUT2D eigenvalue weighted by Crippen LogP contribution is -2.18. The van der Waals surface area contributed by atoms with Crippen LogP contribution in [0.25, 0.3) is 0 Å². The van der Waals surface area contributed by atoms with E-state index < -0.39 is 6.36 Å². The number of nitrogens with one attached hydrogen (secondary N) is 1. The maximum Gasteiger partial charge on any atom is 0.573 e. The second-order valence-corrected chi connectivity index (χ2v) is 4.21. The molecule has 0 aromatic heterocycles. The number of phenols is 2. The minimum absolute atomic E-state index is 0.0738. The molecule has 112 valence electrons. The molecule has 2 rings (SSSR count). The van der Waals surface area contributed by atoms with Gasteiger partial charge in [-0.3, -0.25) is 0 Å². The Morgan fingerprint density at radius 3 is 2.43 bits per heavy atom. The Kier molecular flexibility index (Phi) is 4.11. The molecule has 0 saturated carbocycles. The number of ether oxygens (including phenoxy) is 1. The van der Waals surface area contributed by atoms with E-state index in [1.165, 1.54) is 30.3 Å². The fourth-order valence-electron chi connectivity index (χ4n) is 1.72. The van der Waals surface area contributed by atoms with Gasteiger partial charge in [-0.25, -0.2) is 0 Å². The lowest BCUT2D eigenvalue weighted by molar-refractivity contribution is -0.274. The van der Waals surface area contributed by atoms with Gasteiger partial charge in [-0.15, -0.1) is 13.2 Å². The SMILES string of the molecule is Oc1ccc(CNc2ccccc2OC(F)(F)F)c(O)c1. The van der Waals surface area contributed by atoms with Crippen molar-refractivity contribution in [2.24, 2.45) is 0 Å². The second-order valence-electron chi connectivity index (χ2n) is 4.21. The molecule has 3 N–H and O–H groups in total. The predicted octanol–water partition coefficient (Wildman–Crippen LogP) is 3.61. The van der Waals surface area contributed by atoms with Gasteiger partial charge in [-0.05, 0) is 24.3 Å². The van der Waals surface area contributed by atoms with Crippen LogP contribution in [-0.2, 0) is 6.54 Å². The van der Waals surface area contributed by atoms with E-state index >= 15 is 0 Å². The van der Waals surface area contributed by atoms with Gasteiger partial charge in [0.25, 0.3) is 0 Å². The summed E-state index contributed by atoms with van der Waals surface area (Å²) in [5.74, 6) is -0.614. The third-order valence-electron chi connectivity index (χ3n) is 2.65. The zero-order valence-electron chi connectivity index (χ0n) is 10.7. The van der Waals surface area contributed by atoms with E-state index in [-0.39, 0.29) is 29.5 Å². The van der Waals surface area contributed by atoms with E-state index in [0.717, 1.165) is 6.07 Å². The van der Waals surface area contributed by atoms with Gasteiger partial charge in [0.15, 0.2) is 5.75 Å². The summed E-state index contributed by atoms with van der Waals surface area (Å²) in [5.41, 5.74) is 0.567. The lowest BCUT2D eigenvalue weighted by atomic mass is 10.2. The third kappa shape index (κ3) is 4.20.